The van der Waals surface area contributed by atoms with E-state index in [1.54, 1.807) is 7.11 Å². The number of rotatable bonds is 1. The van der Waals surface area contributed by atoms with Crippen LogP contribution < -0.4 is 5.73 Å². The van der Waals surface area contributed by atoms with Gasteiger partial charge < -0.3 is 10.5 Å². The van der Waals surface area contributed by atoms with Gasteiger partial charge in [-0.15, -0.1) is 12.4 Å². The number of hydrogen-bond acceptors (Lipinski definition) is 2. The highest BCUT2D eigenvalue weighted by atomic mass is 35.5. The molecule has 62 valence electrons. The van der Waals surface area contributed by atoms with Crippen LogP contribution in [0.1, 0.15) is 25.7 Å². The van der Waals surface area contributed by atoms with Crippen molar-refractivity contribution in [2.45, 2.75) is 37.8 Å². The molecule has 2 atom stereocenters. The van der Waals surface area contributed by atoms with Crippen LogP contribution in [0.3, 0.4) is 0 Å². The number of nitrogens with two attached hydrogens (primary N) is 1. The zero-order chi connectivity index (χ0) is 6.69. The van der Waals surface area contributed by atoms with Crippen LogP contribution in [0.25, 0.3) is 0 Å². The Labute approximate surface area is 68.5 Å². The van der Waals surface area contributed by atoms with E-state index < -0.39 is 0 Å². The number of ether oxygens (including phenoxy) is 1. The molecule has 0 aromatic rings. The van der Waals surface area contributed by atoms with E-state index in [-0.39, 0.29) is 12.4 Å². The summed E-state index contributed by atoms with van der Waals surface area (Å²) < 4.78 is 5.18. The van der Waals surface area contributed by atoms with Gasteiger partial charge in [-0.25, -0.2) is 0 Å². The SMILES string of the molecule is CO[C@@H]1CCC[C@@H](N)C1.Cl. The monoisotopic (exact) mass is 165 g/mol. The third-order valence-corrected chi connectivity index (χ3v) is 2.00. The molecular formula is C7H16ClNO. The largest absolute Gasteiger partial charge is 0.381 e. The van der Waals surface area contributed by atoms with Crippen molar-refractivity contribution < 1.29 is 4.74 Å². The molecule has 0 aromatic carbocycles. The van der Waals surface area contributed by atoms with Crippen molar-refractivity contribution >= 4 is 12.4 Å². The Balaban J connectivity index is 0.000000810. The standard InChI is InChI=1S/C7H15NO.ClH/c1-9-7-4-2-3-6(8)5-7;/h6-7H,2-5,8H2,1H3;1H/t6-,7-;/m1./s1. The Morgan fingerprint density at radius 1 is 1.40 bits per heavy atom. The summed E-state index contributed by atoms with van der Waals surface area (Å²) in [4.78, 5) is 0. The molecular weight excluding hydrogens is 150 g/mol. The fourth-order valence-electron chi connectivity index (χ4n) is 1.40. The molecule has 0 amide bonds. The smallest absolute Gasteiger partial charge is 0.0586 e. The average molecular weight is 166 g/mol. The van der Waals surface area contributed by atoms with Gasteiger partial charge in [0.05, 0.1) is 6.10 Å². The fraction of sp³-hybridized carbons (Fsp3) is 1.00. The van der Waals surface area contributed by atoms with E-state index in [0.717, 1.165) is 6.42 Å². The maximum absolute atomic E-state index is 5.72. The molecule has 0 heterocycles. The van der Waals surface area contributed by atoms with E-state index in [9.17, 15) is 0 Å². The molecule has 2 nitrogen and oxygen atoms in total. The van der Waals surface area contributed by atoms with Crippen molar-refractivity contribution in [1.82, 2.24) is 0 Å². The second-order valence-electron chi connectivity index (χ2n) is 2.78. The van der Waals surface area contributed by atoms with E-state index in [4.69, 9.17) is 10.5 Å². The molecule has 1 rings (SSSR count). The van der Waals surface area contributed by atoms with Gasteiger partial charge in [0, 0.05) is 13.2 Å². The maximum atomic E-state index is 5.72. The van der Waals surface area contributed by atoms with E-state index in [2.05, 4.69) is 0 Å². The van der Waals surface area contributed by atoms with E-state index >= 15 is 0 Å². The van der Waals surface area contributed by atoms with Crippen molar-refractivity contribution in [1.29, 1.82) is 0 Å². The second kappa shape index (κ2) is 4.94. The molecule has 0 aliphatic heterocycles. The summed E-state index contributed by atoms with van der Waals surface area (Å²) in [6.07, 6.45) is 5.11. The van der Waals surface area contributed by atoms with Crippen LogP contribution in [0.2, 0.25) is 0 Å². The van der Waals surface area contributed by atoms with Crippen molar-refractivity contribution in [3.05, 3.63) is 0 Å². The van der Waals surface area contributed by atoms with Crippen LogP contribution >= 0.6 is 12.4 Å². The summed E-state index contributed by atoms with van der Waals surface area (Å²) >= 11 is 0. The van der Waals surface area contributed by atoms with Crippen LogP contribution in [-0.2, 0) is 4.74 Å². The topological polar surface area (TPSA) is 35.2 Å². The molecule has 0 saturated heterocycles. The minimum atomic E-state index is 0. The first-order valence-electron chi connectivity index (χ1n) is 3.61. The first kappa shape index (κ1) is 10.2. The van der Waals surface area contributed by atoms with Gasteiger partial charge in [-0.2, -0.15) is 0 Å². The van der Waals surface area contributed by atoms with Crippen LogP contribution in [-0.4, -0.2) is 19.3 Å². The predicted octanol–water partition coefficient (Wildman–Crippen LogP) is 1.32. The van der Waals surface area contributed by atoms with Gasteiger partial charge in [-0.1, -0.05) is 0 Å². The van der Waals surface area contributed by atoms with Crippen molar-refractivity contribution in [2.24, 2.45) is 5.73 Å². The third-order valence-electron chi connectivity index (χ3n) is 2.00. The van der Waals surface area contributed by atoms with Crippen molar-refractivity contribution in [2.75, 3.05) is 7.11 Å². The summed E-state index contributed by atoms with van der Waals surface area (Å²) in [5, 5.41) is 0. The average Bonchev–Trinajstić information content (AvgIpc) is 1.88. The highest BCUT2D eigenvalue weighted by Crippen LogP contribution is 2.18. The van der Waals surface area contributed by atoms with Gasteiger partial charge >= 0.3 is 0 Å². The van der Waals surface area contributed by atoms with Gasteiger partial charge in [0.2, 0.25) is 0 Å². The van der Waals surface area contributed by atoms with Gasteiger partial charge in [-0.05, 0) is 25.7 Å². The summed E-state index contributed by atoms with van der Waals surface area (Å²) in [6, 6.07) is 0.392. The summed E-state index contributed by atoms with van der Waals surface area (Å²) in [7, 11) is 1.77. The zero-order valence-corrected chi connectivity index (χ0v) is 7.19. The molecule has 1 fully saturated rings. The quantitative estimate of drug-likeness (QED) is 0.636. The highest BCUT2D eigenvalue weighted by Gasteiger charge is 2.17. The summed E-state index contributed by atoms with van der Waals surface area (Å²) in [5.74, 6) is 0. The number of halogens is 1. The lowest BCUT2D eigenvalue weighted by Crippen LogP contribution is -2.31. The number of hydrogen-bond donors (Lipinski definition) is 1. The Kier molecular flexibility index (Phi) is 5.04. The van der Waals surface area contributed by atoms with Crippen molar-refractivity contribution in [3.8, 4) is 0 Å². The van der Waals surface area contributed by atoms with Gasteiger partial charge in [0.15, 0.2) is 0 Å². The van der Waals surface area contributed by atoms with Crippen LogP contribution in [0.4, 0.5) is 0 Å². The molecule has 10 heavy (non-hydrogen) atoms. The highest BCUT2D eigenvalue weighted by molar-refractivity contribution is 5.85. The Morgan fingerprint density at radius 3 is 2.50 bits per heavy atom. The van der Waals surface area contributed by atoms with E-state index in [1.807, 2.05) is 0 Å². The van der Waals surface area contributed by atoms with Crippen LogP contribution in [0.15, 0.2) is 0 Å². The molecule has 0 aromatic heterocycles. The zero-order valence-electron chi connectivity index (χ0n) is 6.38. The molecule has 3 heteroatoms. The number of methoxy groups -OCH3 is 1. The van der Waals surface area contributed by atoms with Gasteiger partial charge in [0.25, 0.3) is 0 Å². The van der Waals surface area contributed by atoms with Crippen LogP contribution in [0.5, 0.6) is 0 Å². The third kappa shape index (κ3) is 2.86. The lowest BCUT2D eigenvalue weighted by Gasteiger charge is -2.24. The van der Waals surface area contributed by atoms with E-state index in [1.165, 1.54) is 19.3 Å². The molecule has 0 bridgehead atoms. The normalized spacial score (nSPS) is 33.0. The lowest BCUT2D eigenvalue weighted by molar-refractivity contribution is 0.0645. The molecule has 0 radical (unpaired) electrons. The molecule has 2 N–H and O–H groups in total. The molecule has 1 aliphatic rings. The molecule has 0 spiro atoms. The first-order chi connectivity index (χ1) is 4.33. The predicted molar refractivity (Wildman–Crippen MR) is 44.5 cm³/mol. The van der Waals surface area contributed by atoms with Gasteiger partial charge in [-0.3, -0.25) is 0 Å². The van der Waals surface area contributed by atoms with Crippen LogP contribution in [0, 0.1) is 0 Å². The van der Waals surface area contributed by atoms with E-state index in [0.29, 0.717) is 12.1 Å². The first-order valence-corrected chi connectivity index (χ1v) is 3.61. The minimum Gasteiger partial charge on any atom is -0.381 e. The molecule has 1 saturated carbocycles. The Hall–Kier alpha value is 0.210. The minimum absolute atomic E-state index is 0. The van der Waals surface area contributed by atoms with Gasteiger partial charge in [0.1, 0.15) is 0 Å². The second-order valence-corrected chi connectivity index (χ2v) is 2.78. The van der Waals surface area contributed by atoms with Crippen molar-refractivity contribution in [3.63, 3.8) is 0 Å². The molecule has 1 aliphatic carbocycles. The fourth-order valence-corrected chi connectivity index (χ4v) is 1.40. The summed E-state index contributed by atoms with van der Waals surface area (Å²) in [5.41, 5.74) is 5.72. The summed E-state index contributed by atoms with van der Waals surface area (Å²) in [6.45, 7) is 0. The lowest BCUT2D eigenvalue weighted by atomic mass is 9.94. The molecule has 0 unspecified atom stereocenters. The Morgan fingerprint density at radius 2 is 2.10 bits per heavy atom. The Bertz CT molecular complexity index is 89.7. The maximum Gasteiger partial charge on any atom is 0.0586 e.